The Morgan fingerprint density at radius 1 is 1.70 bits per heavy atom. The van der Waals surface area contributed by atoms with Gasteiger partial charge in [0.15, 0.2) is 0 Å². The van der Waals surface area contributed by atoms with Crippen molar-refractivity contribution in [3.8, 4) is 0 Å². The van der Waals surface area contributed by atoms with Crippen LogP contribution in [0.25, 0.3) is 0 Å². The second kappa shape index (κ2) is 2.07. The second-order valence-corrected chi connectivity index (χ2v) is 2.24. The van der Waals surface area contributed by atoms with E-state index in [0.717, 1.165) is 0 Å². The van der Waals surface area contributed by atoms with Gasteiger partial charge in [0, 0.05) is 13.5 Å². The minimum atomic E-state index is -2.67. The van der Waals surface area contributed by atoms with Gasteiger partial charge in [0.25, 0.3) is 5.92 Å². The van der Waals surface area contributed by atoms with Gasteiger partial charge in [0.2, 0.25) is 0 Å². The molecule has 0 bridgehead atoms. The first-order valence-corrected chi connectivity index (χ1v) is 2.92. The zero-order valence-corrected chi connectivity index (χ0v) is 5.45. The fourth-order valence-electron chi connectivity index (χ4n) is 0.600. The van der Waals surface area contributed by atoms with Crippen molar-refractivity contribution in [1.82, 2.24) is 10.6 Å². The molecular formula is C5H8F2N2O. The van der Waals surface area contributed by atoms with Crippen molar-refractivity contribution in [2.75, 3.05) is 7.05 Å². The molecular weight excluding hydrogens is 142 g/mol. The number of nitrogens with one attached hydrogen (secondary N) is 2. The Bertz CT molecular complexity index is 160. The van der Waals surface area contributed by atoms with E-state index in [4.69, 9.17) is 0 Å². The standard InChI is InChI=1S/C5H8F2N2O/c1-8-4(10)9-3-2-5(3,6)7/h3H,2H2,1H3,(H2,8,9,10). The molecule has 0 heterocycles. The van der Waals surface area contributed by atoms with Crippen LogP contribution in [0.15, 0.2) is 0 Å². The highest BCUT2D eigenvalue weighted by molar-refractivity contribution is 5.74. The molecule has 2 N–H and O–H groups in total. The summed E-state index contributed by atoms with van der Waals surface area (Å²) in [6, 6.07) is -1.50. The quantitative estimate of drug-likeness (QED) is 0.555. The molecule has 1 fully saturated rings. The van der Waals surface area contributed by atoms with Gasteiger partial charge < -0.3 is 10.6 Å². The van der Waals surface area contributed by atoms with Crippen LogP contribution in [-0.2, 0) is 0 Å². The SMILES string of the molecule is CNC(=O)NC1CC1(F)F. The molecule has 10 heavy (non-hydrogen) atoms. The lowest BCUT2D eigenvalue weighted by Crippen LogP contribution is -2.36. The van der Waals surface area contributed by atoms with E-state index in [0.29, 0.717) is 0 Å². The van der Waals surface area contributed by atoms with Gasteiger partial charge in [-0.25, -0.2) is 13.6 Å². The fourth-order valence-corrected chi connectivity index (χ4v) is 0.600. The summed E-state index contributed by atoms with van der Waals surface area (Å²) in [6.45, 7) is 0. The lowest BCUT2D eigenvalue weighted by Gasteiger charge is -2.00. The van der Waals surface area contributed by atoms with E-state index in [-0.39, 0.29) is 6.42 Å². The van der Waals surface area contributed by atoms with Gasteiger partial charge in [-0.05, 0) is 0 Å². The van der Waals surface area contributed by atoms with E-state index >= 15 is 0 Å². The average molecular weight is 150 g/mol. The summed E-state index contributed by atoms with van der Waals surface area (Å²) in [4.78, 5) is 10.4. The van der Waals surface area contributed by atoms with Crippen molar-refractivity contribution < 1.29 is 13.6 Å². The molecule has 0 aromatic carbocycles. The third-order valence-electron chi connectivity index (χ3n) is 1.36. The van der Waals surface area contributed by atoms with Gasteiger partial charge in [0.05, 0.1) is 0 Å². The highest BCUT2D eigenvalue weighted by Gasteiger charge is 2.57. The van der Waals surface area contributed by atoms with Crippen molar-refractivity contribution in [2.24, 2.45) is 0 Å². The first kappa shape index (κ1) is 7.24. The van der Waals surface area contributed by atoms with E-state index in [1.165, 1.54) is 7.05 Å². The Balaban J connectivity index is 2.24. The molecule has 0 aliphatic heterocycles. The monoisotopic (exact) mass is 150 g/mol. The van der Waals surface area contributed by atoms with Gasteiger partial charge >= 0.3 is 6.03 Å². The zero-order valence-electron chi connectivity index (χ0n) is 5.45. The zero-order chi connectivity index (χ0) is 7.78. The maximum Gasteiger partial charge on any atom is 0.314 e. The smallest absolute Gasteiger partial charge is 0.314 e. The van der Waals surface area contributed by atoms with Crippen LogP contribution in [-0.4, -0.2) is 25.0 Å². The average Bonchev–Trinajstić information content (AvgIpc) is 2.40. The lowest BCUT2D eigenvalue weighted by molar-refractivity contribution is 0.107. The van der Waals surface area contributed by atoms with E-state index < -0.39 is 18.0 Å². The minimum Gasteiger partial charge on any atom is -0.341 e. The summed E-state index contributed by atoms with van der Waals surface area (Å²) in [7, 11) is 1.38. The number of rotatable bonds is 1. The van der Waals surface area contributed by atoms with E-state index in [1.54, 1.807) is 0 Å². The molecule has 1 aliphatic carbocycles. The predicted octanol–water partition coefficient (Wildman–Crippen LogP) is 0.323. The van der Waals surface area contributed by atoms with Crippen LogP contribution in [0.2, 0.25) is 0 Å². The Kier molecular flexibility index (Phi) is 1.50. The molecule has 0 aromatic rings. The third-order valence-corrected chi connectivity index (χ3v) is 1.36. The maximum atomic E-state index is 12.1. The summed E-state index contributed by atoms with van der Waals surface area (Å²) in [6.07, 6.45) is -0.236. The van der Waals surface area contributed by atoms with Crippen molar-refractivity contribution >= 4 is 6.03 Å². The van der Waals surface area contributed by atoms with Crippen LogP contribution in [0.5, 0.6) is 0 Å². The second-order valence-electron chi connectivity index (χ2n) is 2.24. The molecule has 0 spiro atoms. The summed E-state index contributed by atoms with van der Waals surface area (Å²) in [5, 5.41) is 4.28. The molecule has 1 unspecified atom stereocenters. The molecule has 2 amide bonds. The van der Waals surface area contributed by atoms with Gasteiger partial charge in [-0.1, -0.05) is 0 Å². The normalized spacial score (nSPS) is 27.3. The third kappa shape index (κ3) is 1.34. The van der Waals surface area contributed by atoms with Crippen molar-refractivity contribution in [1.29, 1.82) is 0 Å². The number of halogens is 2. The number of carbonyl (C=O) groups is 1. The van der Waals surface area contributed by atoms with Crippen LogP contribution < -0.4 is 10.6 Å². The molecule has 0 saturated heterocycles. The molecule has 1 rings (SSSR count). The number of carbonyl (C=O) groups excluding carboxylic acids is 1. The lowest BCUT2D eigenvalue weighted by atomic mass is 10.6. The van der Waals surface area contributed by atoms with Gasteiger partial charge in [-0.15, -0.1) is 0 Å². The first-order valence-electron chi connectivity index (χ1n) is 2.92. The number of alkyl halides is 2. The fraction of sp³-hybridized carbons (Fsp3) is 0.800. The molecule has 0 radical (unpaired) electrons. The topological polar surface area (TPSA) is 41.1 Å². The van der Waals surface area contributed by atoms with Crippen LogP contribution in [0.1, 0.15) is 6.42 Å². The van der Waals surface area contributed by atoms with Crippen LogP contribution >= 0.6 is 0 Å². The molecule has 1 aliphatic rings. The van der Waals surface area contributed by atoms with Crippen LogP contribution in [0.3, 0.4) is 0 Å². The van der Waals surface area contributed by atoms with E-state index in [9.17, 15) is 13.6 Å². The Morgan fingerprint density at radius 2 is 2.20 bits per heavy atom. The first-order chi connectivity index (χ1) is 4.56. The molecule has 58 valence electrons. The molecule has 0 aromatic heterocycles. The Labute approximate surface area is 56.8 Å². The van der Waals surface area contributed by atoms with Crippen LogP contribution in [0, 0.1) is 0 Å². The van der Waals surface area contributed by atoms with Crippen molar-refractivity contribution in [3.63, 3.8) is 0 Å². The van der Waals surface area contributed by atoms with Gasteiger partial charge in [-0.3, -0.25) is 0 Å². The highest BCUT2D eigenvalue weighted by atomic mass is 19.3. The van der Waals surface area contributed by atoms with E-state index in [1.807, 2.05) is 0 Å². The van der Waals surface area contributed by atoms with E-state index in [2.05, 4.69) is 10.6 Å². The van der Waals surface area contributed by atoms with Crippen LogP contribution in [0.4, 0.5) is 13.6 Å². The summed E-state index contributed by atoms with van der Waals surface area (Å²) >= 11 is 0. The molecule has 5 heteroatoms. The van der Waals surface area contributed by atoms with Gasteiger partial charge in [-0.2, -0.15) is 0 Å². The number of hydrogen-bond donors (Lipinski definition) is 2. The maximum absolute atomic E-state index is 12.1. The van der Waals surface area contributed by atoms with Gasteiger partial charge in [0.1, 0.15) is 6.04 Å². The minimum absolute atomic E-state index is 0.236. The van der Waals surface area contributed by atoms with Crippen molar-refractivity contribution in [2.45, 2.75) is 18.4 Å². The number of amides is 2. The molecule has 1 atom stereocenters. The number of hydrogen-bond acceptors (Lipinski definition) is 1. The summed E-state index contributed by atoms with van der Waals surface area (Å²) < 4.78 is 24.1. The molecule has 3 nitrogen and oxygen atoms in total. The molecule has 1 saturated carbocycles. The Morgan fingerprint density at radius 3 is 2.50 bits per heavy atom. The number of urea groups is 1. The Hall–Kier alpha value is -0.870. The summed E-state index contributed by atoms with van der Waals surface area (Å²) in [5.41, 5.74) is 0. The largest absolute Gasteiger partial charge is 0.341 e. The summed E-state index contributed by atoms with van der Waals surface area (Å²) in [5.74, 6) is -2.67. The highest BCUT2D eigenvalue weighted by Crippen LogP contribution is 2.41. The van der Waals surface area contributed by atoms with Crippen molar-refractivity contribution in [3.05, 3.63) is 0 Å². The predicted molar refractivity (Wildman–Crippen MR) is 30.9 cm³/mol.